The van der Waals surface area contributed by atoms with E-state index >= 15 is 0 Å². The zero-order valence-electron chi connectivity index (χ0n) is 18.1. The molecule has 2 aromatic rings. The second-order valence-electron chi connectivity index (χ2n) is 8.22. The minimum Gasteiger partial charge on any atom is -0.495 e. The molecule has 0 spiro atoms. The number of methoxy groups -OCH3 is 1. The van der Waals surface area contributed by atoms with Crippen LogP contribution in [0.3, 0.4) is 0 Å². The average Bonchev–Trinajstić information content (AvgIpc) is 3.31. The van der Waals surface area contributed by atoms with Crippen LogP contribution < -0.4 is 14.4 Å². The van der Waals surface area contributed by atoms with Gasteiger partial charge in [-0.3, -0.25) is 4.79 Å². The number of piperazine rings is 1. The van der Waals surface area contributed by atoms with Crippen LogP contribution in [0.25, 0.3) is 0 Å². The number of anilines is 1. The van der Waals surface area contributed by atoms with Gasteiger partial charge in [-0.2, -0.15) is 0 Å². The number of sulfonamides is 1. The van der Waals surface area contributed by atoms with Crippen molar-refractivity contribution in [2.45, 2.75) is 36.6 Å². The van der Waals surface area contributed by atoms with Crippen LogP contribution in [-0.4, -0.2) is 58.6 Å². The van der Waals surface area contributed by atoms with Crippen molar-refractivity contribution in [3.8, 4) is 5.75 Å². The molecule has 0 aromatic heterocycles. The molecule has 0 bridgehead atoms. The van der Waals surface area contributed by atoms with E-state index in [1.54, 1.807) is 23.1 Å². The van der Waals surface area contributed by atoms with E-state index < -0.39 is 10.0 Å². The van der Waals surface area contributed by atoms with Crippen molar-refractivity contribution in [2.75, 3.05) is 38.2 Å². The fraction of sp³-hybridized carbons (Fsp3) is 0.435. The summed E-state index contributed by atoms with van der Waals surface area (Å²) in [5, 5.41) is 0. The van der Waals surface area contributed by atoms with Gasteiger partial charge in [-0.25, -0.2) is 17.5 Å². The molecule has 1 N–H and O–H groups in total. The summed E-state index contributed by atoms with van der Waals surface area (Å²) in [4.78, 5) is 16.9. The van der Waals surface area contributed by atoms with Crippen LogP contribution in [-0.2, 0) is 10.0 Å². The molecule has 0 unspecified atom stereocenters. The van der Waals surface area contributed by atoms with E-state index in [-0.39, 0.29) is 28.4 Å². The van der Waals surface area contributed by atoms with Crippen LogP contribution in [0.5, 0.6) is 5.75 Å². The van der Waals surface area contributed by atoms with Crippen molar-refractivity contribution < 1.29 is 22.3 Å². The first-order valence-corrected chi connectivity index (χ1v) is 12.4. The Morgan fingerprint density at radius 2 is 1.69 bits per heavy atom. The Bertz CT molecular complexity index is 1060. The van der Waals surface area contributed by atoms with Crippen LogP contribution >= 0.6 is 0 Å². The number of carbonyl (C=O) groups excluding carboxylic acids is 1. The van der Waals surface area contributed by atoms with Gasteiger partial charge in [0.1, 0.15) is 16.5 Å². The summed E-state index contributed by atoms with van der Waals surface area (Å²) in [6, 6.07) is 10.8. The first-order valence-electron chi connectivity index (χ1n) is 10.9. The fourth-order valence-electron chi connectivity index (χ4n) is 4.35. The molecule has 2 fully saturated rings. The molecule has 0 radical (unpaired) electrons. The van der Waals surface area contributed by atoms with Crippen LogP contribution in [0, 0.1) is 5.82 Å². The molecular formula is C23H28FN3O4S. The van der Waals surface area contributed by atoms with Crippen molar-refractivity contribution in [1.29, 1.82) is 0 Å². The van der Waals surface area contributed by atoms with Crippen molar-refractivity contribution in [2.24, 2.45) is 0 Å². The lowest BCUT2D eigenvalue weighted by molar-refractivity contribution is 0.0746. The smallest absolute Gasteiger partial charge is 0.254 e. The third-order valence-corrected chi connectivity index (χ3v) is 7.68. The third kappa shape index (κ3) is 4.88. The van der Waals surface area contributed by atoms with E-state index in [1.807, 2.05) is 0 Å². The predicted molar refractivity (Wildman–Crippen MR) is 120 cm³/mol. The fourth-order valence-corrected chi connectivity index (χ4v) is 5.85. The Labute approximate surface area is 188 Å². The summed E-state index contributed by atoms with van der Waals surface area (Å²) in [6.45, 7) is 2.21. The molecule has 9 heteroatoms. The molecule has 7 nitrogen and oxygen atoms in total. The second kappa shape index (κ2) is 9.46. The van der Waals surface area contributed by atoms with Crippen LogP contribution in [0.1, 0.15) is 36.0 Å². The normalized spacial score (nSPS) is 17.6. The molecule has 1 aliphatic carbocycles. The maximum Gasteiger partial charge on any atom is 0.254 e. The minimum absolute atomic E-state index is 0.0114. The Kier molecular flexibility index (Phi) is 6.66. The summed E-state index contributed by atoms with van der Waals surface area (Å²) < 4.78 is 47.2. The number of hydrogen-bond donors (Lipinski definition) is 1. The van der Waals surface area contributed by atoms with Gasteiger partial charge in [-0.15, -0.1) is 0 Å². The highest BCUT2D eigenvalue weighted by atomic mass is 32.2. The Morgan fingerprint density at radius 3 is 2.31 bits per heavy atom. The van der Waals surface area contributed by atoms with E-state index in [1.165, 1.54) is 31.4 Å². The largest absolute Gasteiger partial charge is 0.495 e. The van der Waals surface area contributed by atoms with E-state index in [2.05, 4.69) is 9.62 Å². The molecule has 1 amide bonds. The lowest BCUT2D eigenvalue weighted by atomic mass is 10.1. The van der Waals surface area contributed by atoms with E-state index in [4.69, 9.17) is 4.74 Å². The highest BCUT2D eigenvalue weighted by Gasteiger charge is 2.28. The molecule has 1 aliphatic heterocycles. The van der Waals surface area contributed by atoms with Gasteiger partial charge in [-0.05, 0) is 55.3 Å². The summed E-state index contributed by atoms with van der Waals surface area (Å²) >= 11 is 0. The van der Waals surface area contributed by atoms with Gasteiger partial charge in [0, 0.05) is 43.5 Å². The van der Waals surface area contributed by atoms with Crippen molar-refractivity contribution >= 4 is 21.6 Å². The second-order valence-corrected chi connectivity index (χ2v) is 9.91. The first-order chi connectivity index (χ1) is 15.4. The van der Waals surface area contributed by atoms with Crippen LogP contribution in [0.2, 0.25) is 0 Å². The van der Waals surface area contributed by atoms with Gasteiger partial charge in [0.05, 0.1) is 7.11 Å². The van der Waals surface area contributed by atoms with Gasteiger partial charge in [-0.1, -0.05) is 12.8 Å². The number of halogens is 1. The number of amides is 1. The number of nitrogens with zero attached hydrogens (tertiary/aromatic N) is 2. The molecule has 0 atom stereocenters. The van der Waals surface area contributed by atoms with Crippen molar-refractivity contribution in [3.05, 3.63) is 53.8 Å². The monoisotopic (exact) mass is 461 g/mol. The number of rotatable bonds is 6. The zero-order chi connectivity index (χ0) is 22.7. The summed E-state index contributed by atoms with van der Waals surface area (Å²) in [5.74, 6) is -0.285. The molecule has 2 aliphatic rings. The van der Waals surface area contributed by atoms with Crippen LogP contribution in [0.15, 0.2) is 47.4 Å². The first kappa shape index (κ1) is 22.5. The molecule has 32 heavy (non-hydrogen) atoms. The maximum absolute atomic E-state index is 13.2. The lowest BCUT2D eigenvalue weighted by Crippen LogP contribution is -2.48. The third-order valence-electron chi connectivity index (χ3n) is 6.14. The number of carbonyl (C=O) groups is 1. The number of nitrogens with one attached hydrogen (secondary N) is 1. The predicted octanol–water partition coefficient (Wildman–Crippen LogP) is 3.02. The molecule has 1 heterocycles. The molecule has 172 valence electrons. The molecular weight excluding hydrogens is 433 g/mol. The van der Waals surface area contributed by atoms with Crippen molar-refractivity contribution in [3.63, 3.8) is 0 Å². The molecule has 4 rings (SSSR count). The SMILES string of the molecule is COc1ccc(C(=O)N2CCN(c3ccc(F)cc3)CC2)cc1S(=O)(=O)NC1CCCC1. The molecule has 1 saturated carbocycles. The van der Waals surface area contributed by atoms with Gasteiger partial charge in [0.25, 0.3) is 5.91 Å². The minimum atomic E-state index is -3.81. The molecule has 2 aromatic carbocycles. The topological polar surface area (TPSA) is 79.0 Å². The van der Waals surface area contributed by atoms with Gasteiger partial charge < -0.3 is 14.5 Å². The number of hydrogen-bond acceptors (Lipinski definition) is 5. The highest BCUT2D eigenvalue weighted by Crippen LogP contribution is 2.28. The van der Waals surface area contributed by atoms with Crippen molar-refractivity contribution in [1.82, 2.24) is 9.62 Å². The van der Waals surface area contributed by atoms with Crippen LogP contribution in [0.4, 0.5) is 10.1 Å². The lowest BCUT2D eigenvalue weighted by Gasteiger charge is -2.36. The van der Waals surface area contributed by atoms with E-state index in [0.29, 0.717) is 31.7 Å². The Hall–Kier alpha value is -2.65. The Morgan fingerprint density at radius 1 is 1.03 bits per heavy atom. The Balaban J connectivity index is 1.48. The summed E-state index contributed by atoms with van der Waals surface area (Å²) in [6.07, 6.45) is 3.65. The standard InChI is InChI=1S/C23H28FN3O4S/c1-31-21-11-6-17(16-22(21)32(29,30)25-19-4-2-3-5-19)23(28)27-14-12-26(13-15-27)20-9-7-18(24)8-10-20/h6-11,16,19,25H,2-5,12-15H2,1H3. The van der Waals surface area contributed by atoms with Gasteiger partial charge in [0.15, 0.2) is 0 Å². The van der Waals surface area contributed by atoms with Gasteiger partial charge >= 0.3 is 0 Å². The highest BCUT2D eigenvalue weighted by molar-refractivity contribution is 7.89. The number of benzene rings is 2. The molecule has 1 saturated heterocycles. The summed E-state index contributed by atoms with van der Waals surface area (Å²) in [7, 11) is -2.39. The zero-order valence-corrected chi connectivity index (χ0v) is 18.9. The van der Waals surface area contributed by atoms with Gasteiger partial charge in [0.2, 0.25) is 10.0 Å². The van der Waals surface area contributed by atoms with E-state index in [0.717, 1.165) is 31.4 Å². The summed E-state index contributed by atoms with van der Waals surface area (Å²) in [5.41, 5.74) is 1.22. The quantitative estimate of drug-likeness (QED) is 0.716. The van der Waals surface area contributed by atoms with E-state index in [9.17, 15) is 17.6 Å². The number of ether oxygens (including phenoxy) is 1. The average molecular weight is 462 g/mol. The maximum atomic E-state index is 13.2.